The number of nitrogens with zero attached hydrogens (tertiary/aromatic N) is 2. The molecule has 9 aromatic rings. The van der Waals surface area contributed by atoms with Crippen LogP contribution in [0.5, 0.6) is 0 Å². The van der Waals surface area contributed by atoms with Crippen molar-refractivity contribution in [3.05, 3.63) is 205 Å². The normalized spacial score (nSPS) is 12.7. The fourth-order valence-corrected chi connectivity index (χ4v) is 8.25. The third-order valence-electron chi connectivity index (χ3n) is 11.3. The number of rotatable bonds is 6. The fraction of sp³-hybridized carbons (Fsp3) is 0.0566. The maximum atomic E-state index is 5.12. The number of aromatic nitrogens is 2. The largest absolute Gasteiger partial charge is 0.228 e. The highest BCUT2D eigenvalue weighted by Gasteiger charge is 2.35. The van der Waals surface area contributed by atoms with Crippen LogP contribution < -0.4 is 0 Å². The monoisotopic (exact) mass is 702 g/mol. The van der Waals surface area contributed by atoms with Gasteiger partial charge in [0.05, 0.1) is 11.4 Å². The maximum Gasteiger partial charge on any atom is 0.160 e. The summed E-state index contributed by atoms with van der Waals surface area (Å²) in [7, 11) is 0. The van der Waals surface area contributed by atoms with Gasteiger partial charge in [-0.25, -0.2) is 9.97 Å². The van der Waals surface area contributed by atoms with Crippen molar-refractivity contribution in [2.75, 3.05) is 0 Å². The molecule has 0 bridgehead atoms. The summed E-state index contributed by atoms with van der Waals surface area (Å²) in [5, 5.41) is 2.58. The summed E-state index contributed by atoms with van der Waals surface area (Å²) in [6.07, 6.45) is 0. The molecule has 0 saturated carbocycles. The SMILES string of the molecule is CC1(C)c2ccc(-c3cccc(-c4ccc(-c5nc(-c6ccccc6)cc(-c6ccc(-c7ccccc7)cc6)n5)cc4)c3)cc2-c2cc3ccccc3cc21. The predicted molar refractivity (Wildman–Crippen MR) is 230 cm³/mol. The Hall–Kier alpha value is -6.90. The third kappa shape index (κ3) is 5.93. The van der Waals surface area contributed by atoms with Crippen LogP contribution in [0.15, 0.2) is 194 Å². The average Bonchev–Trinajstić information content (AvgIpc) is 3.47. The zero-order chi connectivity index (χ0) is 36.9. The minimum Gasteiger partial charge on any atom is -0.228 e. The zero-order valence-electron chi connectivity index (χ0n) is 30.9. The van der Waals surface area contributed by atoms with Crippen LogP contribution in [-0.4, -0.2) is 9.97 Å². The maximum absolute atomic E-state index is 5.12. The van der Waals surface area contributed by atoms with Gasteiger partial charge in [0.25, 0.3) is 0 Å². The van der Waals surface area contributed by atoms with E-state index in [9.17, 15) is 0 Å². The van der Waals surface area contributed by atoms with Gasteiger partial charge in [-0.1, -0.05) is 178 Å². The van der Waals surface area contributed by atoms with Gasteiger partial charge in [-0.2, -0.15) is 0 Å². The van der Waals surface area contributed by atoms with Crippen molar-refractivity contribution < 1.29 is 0 Å². The van der Waals surface area contributed by atoms with E-state index in [1.807, 2.05) is 12.1 Å². The van der Waals surface area contributed by atoms with Gasteiger partial charge < -0.3 is 0 Å². The number of benzene rings is 8. The standard InChI is InChI=1S/C53H38N2/c1-53(2)48-29-28-45(32-46(48)47-31-43-16-9-10-17-44(43)33-49(47)53)42-19-11-18-41(30-42)37-22-26-40(27-23-37)52-54-50(38-14-7-4-8-15-38)34-51(55-52)39-24-20-36(21-25-39)35-12-5-3-6-13-35/h3-34H,1-2H3. The molecule has 1 aromatic heterocycles. The molecule has 0 radical (unpaired) electrons. The topological polar surface area (TPSA) is 25.8 Å². The molecule has 2 heteroatoms. The Morgan fingerprint density at radius 1 is 0.309 bits per heavy atom. The molecule has 0 N–H and O–H groups in total. The molecule has 1 aliphatic carbocycles. The van der Waals surface area contributed by atoms with Crippen molar-refractivity contribution in [1.29, 1.82) is 0 Å². The molecule has 0 amide bonds. The van der Waals surface area contributed by atoms with Crippen molar-refractivity contribution in [2.24, 2.45) is 0 Å². The van der Waals surface area contributed by atoms with Gasteiger partial charge in [0.1, 0.15) is 0 Å². The minimum atomic E-state index is -0.0467. The van der Waals surface area contributed by atoms with Crippen molar-refractivity contribution >= 4 is 10.8 Å². The van der Waals surface area contributed by atoms with Gasteiger partial charge >= 0.3 is 0 Å². The highest BCUT2D eigenvalue weighted by atomic mass is 14.9. The molecule has 0 unspecified atom stereocenters. The van der Waals surface area contributed by atoms with Crippen LogP contribution in [0.25, 0.3) is 89.2 Å². The van der Waals surface area contributed by atoms with Crippen LogP contribution in [0, 0.1) is 0 Å². The third-order valence-corrected chi connectivity index (χ3v) is 11.3. The molecule has 10 rings (SSSR count). The van der Waals surface area contributed by atoms with Crippen LogP contribution in [-0.2, 0) is 5.41 Å². The summed E-state index contributed by atoms with van der Waals surface area (Å²) in [6.45, 7) is 4.70. The molecule has 0 fully saturated rings. The molecule has 2 nitrogen and oxygen atoms in total. The predicted octanol–water partition coefficient (Wildman–Crippen LogP) is 13.9. The second kappa shape index (κ2) is 13.2. The number of hydrogen-bond acceptors (Lipinski definition) is 2. The van der Waals surface area contributed by atoms with Crippen molar-refractivity contribution in [2.45, 2.75) is 19.3 Å². The first kappa shape index (κ1) is 32.7. The Morgan fingerprint density at radius 2 is 0.745 bits per heavy atom. The van der Waals surface area contributed by atoms with E-state index in [2.05, 4.69) is 196 Å². The first-order valence-electron chi connectivity index (χ1n) is 19.0. The van der Waals surface area contributed by atoms with Crippen molar-refractivity contribution in [3.63, 3.8) is 0 Å². The van der Waals surface area contributed by atoms with Gasteiger partial charge in [-0.05, 0) is 96.7 Å². The summed E-state index contributed by atoms with van der Waals surface area (Å²) in [6, 6.07) is 69.6. The zero-order valence-corrected chi connectivity index (χ0v) is 30.9. The minimum absolute atomic E-state index is 0.0467. The lowest BCUT2D eigenvalue weighted by atomic mass is 9.81. The summed E-state index contributed by atoms with van der Waals surface area (Å²) >= 11 is 0. The van der Waals surface area contributed by atoms with E-state index in [1.54, 1.807) is 0 Å². The summed E-state index contributed by atoms with van der Waals surface area (Å²) in [5.41, 5.74) is 17.5. The Balaban J connectivity index is 0.979. The highest BCUT2D eigenvalue weighted by Crippen LogP contribution is 2.51. The van der Waals surface area contributed by atoms with Crippen LogP contribution in [0.4, 0.5) is 0 Å². The molecule has 0 aliphatic heterocycles. The van der Waals surface area contributed by atoms with Crippen molar-refractivity contribution in [1.82, 2.24) is 9.97 Å². The molecule has 0 atom stereocenters. The Labute approximate surface area is 322 Å². The smallest absolute Gasteiger partial charge is 0.160 e. The summed E-state index contributed by atoms with van der Waals surface area (Å²) < 4.78 is 0. The molecule has 55 heavy (non-hydrogen) atoms. The van der Waals surface area contributed by atoms with E-state index in [0.717, 1.165) is 33.6 Å². The quantitative estimate of drug-likeness (QED) is 0.172. The number of fused-ring (bicyclic) bond motifs is 4. The Kier molecular flexibility index (Phi) is 7.85. The van der Waals surface area contributed by atoms with Gasteiger partial charge in [0, 0.05) is 22.1 Å². The lowest BCUT2D eigenvalue weighted by molar-refractivity contribution is 0.661. The lowest BCUT2D eigenvalue weighted by Crippen LogP contribution is -2.14. The van der Waals surface area contributed by atoms with Crippen LogP contribution in [0.2, 0.25) is 0 Å². The van der Waals surface area contributed by atoms with Crippen LogP contribution in [0.3, 0.4) is 0 Å². The van der Waals surface area contributed by atoms with E-state index in [0.29, 0.717) is 5.82 Å². The number of hydrogen-bond donors (Lipinski definition) is 0. The van der Waals surface area contributed by atoms with Crippen molar-refractivity contribution in [3.8, 4) is 78.4 Å². The molecule has 1 aliphatic rings. The lowest BCUT2D eigenvalue weighted by Gasteiger charge is -2.22. The Bertz CT molecular complexity index is 2850. The van der Waals surface area contributed by atoms with Crippen LogP contribution >= 0.6 is 0 Å². The second-order valence-electron chi connectivity index (χ2n) is 15.1. The molecule has 0 spiro atoms. The van der Waals surface area contributed by atoms with E-state index < -0.39 is 0 Å². The van der Waals surface area contributed by atoms with Gasteiger partial charge in [0.15, 0.2) is 5.82 Å². The summed E-state index contributed by atoms with van der Waals surface area (Å²) in [5.74, 6) is 0.706. The first-order chi connectivity index (χ1) is 27.0. The average molecular weight is 703 g/mol. The van der Waals surface area contributed by atoms with E-state index >= 15 is 0 Å². The molecule has 1 heterocycles. The summed E-state index contributed by atoms with van der Waals surface area (Å²) in [4.78, 5) is 10.2. The second-order valence-corrected chi connectivity index (χ2v) is 15.1. The fourth-order valence-electron chi connectivity index (χ4n) is 8.25. The molecule has 260 valence electrons. The molecular formula is C53H38N2. The van der Waals surface area contributed by atoms with Gasteiger partial charge in [0.2, 0.25) is 0 Å². The van der Waals surface area contributed by atoms with E-state index in [1.165, 1.54) is 60.8 Å². The molecular weight excluding hydrogens is 665 g/mol. The van der Waals surface area contributed by atoms with Crippen LogP contribution in [0.1, 0.15) is 25.0 Å². The van der Waals surface area contributed by atoms with E-state index in [-0.39, 0.29) is 5.41 Å². The first-order valence-corrected chi connectivity index (χ1v) is 19.0. The van der Waals surface area contributed by atoms with Gasteiger partial charge in [-0.15, -0.1) is 0 Å². The van der Waals surface area contributed by atoms with Gasteiger partial charge in [-0.3, -0.25) is 0 Å². The molecule has 0 saturated heterocycles. The molecule has 8 aromatic carbocycles. The Morgan fingerprint density at radius 3 is 1.42 bits per heavy atom. The van der Waals surface area contributed by atoms with E-state index in [4.69, 9.17) is 9.97 Å². The highest BCUT2D eigenvalue weighted by molar-refractivity contribution is 5.94.